The molecule has 31 heavy (non-hydrogen) atoms. The molecule has 0 aromatic carbocycles. The van der Waals surface area contributed by atoms with E-state index in [1.165, 1.54) is 11.8 Å². The molecule has 0 aliphatic carbocycles. The third-order valence-corrected chi connectivity index (χ3v) is 6.87. The number of anilines is 1. The number of nitrogens with zero attached hydrogens (tertiary/aromatic N) is 5. The number of thioether (sulfide) groups is 1. The first kappa shape index (κ1) is 23.1. The molecule has 3 heterocycles. The lowest BCUT2D eigenvalue weighted by Gasteiger charge is -2.13. The van der Waals surface area contributed by atoms with E-state index in [0.29, 0.717) is 36.2 Å². The lowest BCUT2D eigenvalue weighted by atomic mass is 10.2. The number of hydrogen-bond acceptors (Lipinski definition) is 7. The Morgan fingerprint density at radius 1 is 1.35 bits per heavy atom. The summed E-state index contributed by atoms with van der Waals surface area (Å²) in [7, 11) is 1.66. The summed E-state index contributed by atoms with van der Waals surface area (Å²) in [6.45, 7) is 7.89. The number of carbonyl (C=O) groups is 1. The SMILES string of the molecule is CCn1c(SCC(=O)Nc2c(C#N)c(C)c(C)n2CCCOC)nnc1-c1cccs1. The number of thiophene rings is 1. The van der Waals surface area contributed by atoms with Crippen molar-refractivity contribution in [2.75, 3.05) is 24.8 Å². The summed E-state index contributed by atoms with van der Waals surface area (Å²) in [4.78, 5) is 13.8. The lowest BCUT2D eigenvalue weighted by Crippen LogP contribution is -2.19. The Morgan fingerprint density at radius 3 is 2.81 bits per heavy atom. The van der Waals surface area contributed by atoms with Crippen molar-refractivity contribution in [1.82, 2.24) is 19.3 Å². The van der Waals surface area contributed by atoms with E-state index in [0.717, 1.165) is 28.4 Å². The van der Waals surface area contributed by atoms with Crippen molar-refractivity contribution >= 4 is 34.8 Å². The van der Waals surface area contributed by atoms with Crippen LogP contribution in [0.4, 0.5) is 5.82 Å². The number of rotatable bonds is 10. The zero-order valence-electron chi connectivity index (χ0n) is 18.1. The van der Waals surface area contributed by atoms with Crippen LogP contribution in [0.2, 0.25) is 0 Å². The summed E-state index contributed by atoms with van der Waals surface area (Å²) >= 11 is 2.95. The smallest absolute Gasteiger partial charge is 0.235 e. The van der Waals surface area contributed by atoms with Gasteiger partial charge < -0.3 is 19.2 Å². The van der Waals surface area contributed by atoms with Gasteiger partial charge in [0.2, 0.25) is 5.91 Å². The molecule has 0 radical (unpaired) electrons. The van der Waals surface area contributed by atoms with Crippen LogP contribution in [-0.2, 0) is 22.6 Å². The first-order valence-corrected chi connectivity index (χ1v) is 11.9. The molecule has 0 aliphatic rings. The monoisotopic (exact) mass is 458 g/mol. The quantitative estimate of drug-likeness (QED) is 0.363. The van der Waals surface area contributed by atoms with Gasteiger partial charge in [-0.15, -0.1) is 21.5 Å². The molecule has 3 aromatic heterocycles. The van der Waals surface area contributed by atoms with Gasteiger partial charge in [-0.3, -0.25) is 4.79 Å². The van der Waals surface area contributed by atoms with E-state index in [1.54, 1.807) is 18.4 Å². The minimum atomic E-state index is -0.185. The Bertz CT molecular complexity index is 1080. The zero-order chi connectivity index (χ0) is 22.4. The molecule has 1 N–H and O–H groups in total. The summed E-state index contributed by atoms with van der Waals surface area (Å²) in [5.74, 6) is 1.35. The molecule has 10 heteroatoms. The largest absolute Gasteiger partial charge is 0.385 e. The fraction of sp³-hybridized carbons (Fsp3) is 0.429. The Hall–Kier alpha value is -2.61. The van der Waals surface area contributed by atoms with Crippen LogP contribution in [-0.4, -0.2) is 44.7 Å². The minimum absolute atomic E-state index is 0.175. The van der Waals surface area contributed by atoms with Gasteiger partial charge in [-0.2, -0.15) is 5.26 Å². The molecule has 0 spiro atoms. The highest BCUT2D eigenvalue weighted by molar-refractivity contribution is 7.99. The van der Waals surface area contributed by atoms with Gasteiger partial charge in [0, 0.05) is 32.5 Å². The van der Waals surface area contributed by atoms with E-state index in [9.17, 15) is 10.1 Å². The van der Waals surface area contributed by atoms with Gasteiger partial charge in [0.15, 0.2) is 11.0 Å². The number of amides is 1. The van der Waals surface area contributed by atoms with Crippen LogP contribution in [0.5, 0.6) is 0 Å². The topological polar surface area (TPSA) is 97.8 Å². The Kier molecular flexibility index (Phi) is 7.90. The van der Waals surface area contributed by atoms with Gasteiger partial charge >= 0.3 is 0 Å². The maximum atomic E-state index is 12.8. The van der Waals surface area contributed by atoms with Crippen LogP contribution in [0.15, 0.2) is 22.7 Å². The summed E-state index contributed by atoms with van der Waals surface area (Å²) in [5.41, 5.74) is 2.36. The second-order valence-electron chi connectivity index (χ2n) is 6.91. The van der Waals surface area contributed by atoms with Gasteiger partial charge in [0.25, 0.3) is 0 Å². The highest BCUT2D eigenvalue weighted by atomic mass is 32.2. The molecule has 0 unspecified atom stereocenters. The third kappa shape index (κ3) is 5.01. The summed E-state index contributed by atoms with van der Waals surface area (Å²) in [5, 5.41) is 23.8. The van der Waals surface area contributed by atoms with Crippen molar-refractivity contribution in [1.29, 1.82) is 5.26 Å². The second-order valence-corrected chi connectivity index (χ2v) is 8.80. The van der Waals surface area contributed by atoms with E-state index >= 15 is 0 Å². The van der Waals surface area contributed by atoms with Gasteiger partial charge in [-0.05, 0) is 44.2 Å². The first-order chi connectivity index (χ1) is 15.0. The molecule has 3 rings (SSSR count). The van der Waals surface area contributed by atoms with Crippen LogP contribution >= 0.6 is 23.1 Å². The van der Waals surface area contributed by atoms with E-state index in [2.05, 4.69) is 21.6 Å². The molecule has 0 atom stereocenters. The van der Waals surface area contributed by atoms with Crippen LogP contribution in [0.1, 0.15) is 30.2 Å². The molecule has 0 saturated heterocycles. The van der Waals surface area contributed by atoms with Crippen molar-refractivity contribution in [2.45, 2.75) is 45.4 Å². The highest BCUT2D eigenvalue weighted by Crippen LogP contribution is 2.29. The standard InChI is InChI=1S/C21H26N6O2S2/c1-5-26-20(17-8-6-11-30-17)24-25-21(26)31-13-18(28)23-19-16(12-22)14(2)15(3)27(19)9-7-10-29-4/h6,8,11H,5,7,9-10,13H2,1-4H3,(H,23,28). The lowest BCUT2D eigenvalue weighted by molar-refractivity contribution is -0.113. The fourth-order valence-electron chi connectivity index (χ4n) is 3.34. The number of nitrogens with one attached hydrogen (secondary N) is 1. The van der Waals surface area contributed by atoms with Crippen molar-refractivity contribution in [3.05, 3.63) is 34.3 Å². The van der Waals surface area contributed by atoms with E-state index in [4.69, 9.17) is 4.74 Å². The number of ether oxygens (including phenoxy) is 1. The van der Waals surface area contributed by atoms with Crippen LogP contribution in [0.3, 0.4) is 0 Å². The zero-order valence-corrected chi connectivity index (χ0v) is 19.8. The number of hydrogen-bond donors (Lipinski definition) is 1. The van der Waals surface area contributed by atoms with Crippen molar-refractivity contribution in [3.63, 3.8) is 0 Å². The maximum absolute atomic E-state index is 12.8. The van der Waals surface area contributed by atoms with Crippen LogP contribution in [0.25, 0.3) is 10.7 Å². The molecule has 8 nitrogen and oxygen atoms in total. The maximum Gasteiger partial charge on any atom is 0.235 e. The predicted molar refractivity (Wildman–Crippen MR) is 123 cm³/mol. The number of carbonyl (C=O) groups excluding carboxylic acids is 1. The Labute approximate surface area is 190 Å². The van der Waals surface area contributed by atoms with Gasteiger partial charge in [0.1, 0.15) is 11.9 Å². The molecule has 0 aliphatic heterocycles. The molecule has 0 saturated carbocycles. The predicted octanol–water partition coefficient (Wildman–Crippen LogP) is 4.08. The van der Waals surface area contributed by atoms with Crippen molar-refractivity contribution < 1.29 is 9.53 Å². The normalized spacial score (nSPS) is 10.9. The van der Waals surface area contributed by atoms with E-state index in [1.807, 2.05) is 47.4 Å². The number of nitriles is 1. The molecule has 1 amide bonds. The van der Waals surface area contributed by atoms with Crippen molar-refractivity contribution in [2.24, 2.45) is 0 Å². The summed E-state index contributed by atoms with van der Waals surface area (Å²) in [6, 6.07) is 6.22. The van der Waals surface area contributed by atoms with Gasteiger partial charge in [-0.25, -0.2) is 0 Å². The van der Waals surface area contributed by atoms with Gasteiger partial charge in [-0.1, -0.05) is 17.8 Å². The first-order valence-electron chi connectivity index (χ1n) is 10.00. The summed E-state index contributed by atoms with van der Waals surface area (Å²) in [6.07, 6.45) is 0.791. The Morgan fingerprint density at radius 2 is 2.16 bits per heavy atom. The highest BCUT2D eigenvalue weighted by Gasteiger charge is 2.20. The molecular formula is C21H26N6O2S2. The van der Waals surface area contributed by atoms with E-state index < -0.39 is 0 Å². The molecule has 3 aromatic rings. The van der Waals surface area contributed by atoms with Gasteiger partial charge in [0.05, 0.1) is 16.2 Å². The summed E-state index contributed by atoms with van der Waals surface area (Å²) < 4.78 is 9.13. The number of aromatic nitrogens is 4. The Balaban J connectivity index is 1.73. The minimum Gasteiger partial charge on any atom is -0.385 e. The fourth-order valence-corrected chi connectivity index (χ4v) is 4.86. The average molecular weight is 459 g/mol. The van der Waals surface area contributed by atoms with Crippen LogP contribution in [0, 0.1) is 25.2 Å². The third-order valence-electron chi connectivity index (χ3n) is 5.04. The molecule has 0 fully saturated rings. The number of methoxy groups -OCH3 is 1. The molecular weight excluding hydrogens is 432 g/mol. The van der Waals surface area contributed by atoms with Crippen LogP contribution < -0.4 is 5.32 Å². The average Bonchev–Trinajstić information content (AvgIpc) is 3.47. The van der Waals surface area contributed by atoms with Crippen molar-refractivity contribution in [3.8, 4) is 16.8 Å². The molecule has 0 bridgehead atoms. The molecule has 164 valence electrons. The van der Waals surface area contributed by atoms with E-state index in [-0.39, 0.29) is 11.7 Å². The second kappa shape index (κ2) is 10.6.